The highest BCUT2D eigenvalue weighted by atomic mass is 19.1. The van der Waals surface area contributed by atoms with Crippen LogP contribution in [0.4, 0.5) is 10.3 Å². The molecule has 1 aliphatic rings. The lowest BCUT2D eigenvalue weighted by molar-refractivity contribution is -0.150. The number of fused-ring (bicyclic) bond motifs is 1. The molecule has 8 nitrogen and oxygen atoms in total. The van der Waals surface area contributed by atoms with Crippen molar-refractivity contribution in [2.45, 2.75) is 19.0 Å². The molecule has 0 bridgehead atoms. The van der Waals surface area contributed by atoms with Crippen LogP contribution in [0.15, 0.2) is 11.9 Å². The topological polar surface area (TPSA) is 105 Å². The maximum Gasteiger partial charge on any atom is 0.348 e. The third-order valence-electron chi connectivity index (χ3n) is 3.31. The zero-order valence-electron chi connectivity index (χ0n) is 12.0. The summed E-state index contributed by atoms with van der Waals surface area (Å²) >= 11 is 0. The Morgan fingerprint density at radius 2 is 2.36 bits per heavy atom. The van der Waals surface area contributed by atoms with Crippen LogP contribution in [-0.4, -0.2) is 44.9 Å². The summed E-state index contributed by atoms with van der Waals surface area (Å²) in [5.41, 5.74) is 4.60. The minimum Gasteiger partial charge on any atom is -0.479 e. The summed E-state index contributed by atoms with van der Waals surface area (Å²) in [7, 11) is 1.44. The summed E-state index contributed by atoms with van der Waals surface area (Å²) in [5.74, 6) is -0.637. The number of ether oxygens (including phenoxy) is 2. The third kappa shape index (κ3) is 2.14. The number of anilines is 1. The van der Waals surface area contributed by atoms with E-state index in [4.69, 9.17) is 15.2 Å². The van der Waals surface area contributed by atoms with Gasteiger partial charge in [-0.25, -0.2) is 14.2 Å². The van der Waals surface area contributed by atoms with Gasteiger partial charge in [0.2, 0.25) is 17.5 Å². The van der Waals surface area contributed by atoms with Gasteiger partial charge in [-0.2, -0.15) is 9.97 Å². The quantitative estimate of drug-likeness (QED) is 0.838. The highest BCUT2D eigenvalue weighted by Crippen LogP contribution is 2.48. The number of rotatable bonds is 4. The van der Waals surface area contributed by atoms with E-state index in [1.54, 1.807) is 6.92 Å². The van der Waals surface area contributed by atoms with Crippen molar-refractivity contribution in [2.75, 3.05) is 19.5 Å². The average molecular weight is 307 g/mol. The molecule has 0 radical (unpaired) electrons. The number of halogens is 1. The van der Waals surface area contributed by atoms with Gasteiger partial charge < -0.3 is 15.2 Å². The Morgan fingerprint density at radius 3 is 3.05 bits per heavy atom. The van der Waals surface area contributed by atoms with Gasteiger partial charge in [-0.15, -0.1) is 0 Å². The molecule has 3 rings (SSSR count). The van der Waals surface area contributed by atoms with E-state index in [1.165, 1.54) is 24.2 Å². The van der Waals surface area contributed by atoms with Gasteiger partial charge in [0, 0.05) is 12.6 Å². The molecule has 2 N–H and O–H groups in total. The number of hydrogen-bond donors (Lipinski definition) is 1. The molecule has 2 aromatic rings. The van der Waals surface area contributed by atoms with Gasteiger partial charge in [0.1, 0.15) is 6.33 Å². The van der Waals surface area contributed by atoms with E-state index in [0.29, 0.717) is 16.7 Å². The van der Waals surface area contributed by atoms with E-state index in [0.717, 1.165) is 0 Å². The number of nitrogen functional groups attached to an aromatic ring is 1. The van der Waals surface area contributed by atoms with Gasteiger partial charge in [0.05, 0.1) is 13.7 Å². The zero-order valence-corrected chi connectivity index (χ0v) is 12.0. The number of carbonyl (C=O) groups is 1. The Kier molecular flexibility index (Phi) is 3.19. The SMILES string of the molecule is CCOC(=O)C1(F)C/C1=C\n1cnc2c(OC)nc(N)nc21. The number of nitrogens with zero attached hydrogens (tertiary/aromatic N) is 4. The van der Waals surface area contributed by atoms with Gasteiger partial charge in [-0.3, -0.25) is 4.57 Å². The van der Waals surface area contributed by atoms with E-state index >= 15 is 0 Å². The molecule has 0 saturated heterocycles. The third-order valence-corrected chi connectivity index (χ3v) is 3.31. The normalized spacial score (nSPS) is 22.0. The summed E-state index contributed by atoms with van der Waals surface area (Å²) in [5, 5.41) is 0. The second-order valence-electron chi connectivity index (χ2n) is 4.77. The van der Waals surface area contributed by atoms with E-state index in [2.05, 4.69) is 15.0 Å². The fraction of sp³-hybridized carbons (Fsp3) is 0.385. The maximum absolute atomic E-state index is 14.3. The molecular weight excluding hydrogens is 293 g/mol. The lowest BCUT2D eigenvalue weighted by atomic mass is 10.3. The highest BCUT2D eigenvalue weighted by molar-refractivity contribution is 5.92. The van der Waals surface area contributed by atoms with E-state index in [-0.39, 0.29) is 24.9 Å². The molecule has 0 spiro atoms. The molecule has 2 heterocycles. The summed E-state index contributed by atoms with van der Waals surface area (Å²) in [6, 6.07) is 0. The molecule has 1 atom stereocenters. The summed E-state index contributed by atoms with van der Waals surface area (Å²) in [6.07, 6.45) is 2.87. The monoisotopic (exact) mass is 307 g/mol. The van der Waals surface area contributed by atoms with Crippen LogP contribution >= 0.6 is 0 Å². The Bertz CT molecular complexity index is 787. The molecule has 0 aliphatic heterocycles. The fourth-order valence-electron chi connectivity index (χ4n) is 2.13. The van der Waals surface area contributed by atoms with E-state index in [1.807, 2.05) is 0 Å². The summed E-state index contributed by atoms with van der Waals surface area (Å²) in [6.45, 7) is 1.76. The molecule has 1 saturated carbocycles. The molecular formula is C13H14FN5O3. The molecule has 2 aromatic heterocycles. The van der Waals surface area contributed by atoms with Crippen LogP contribution in [0.25, 0.3) is 17.4 Å². The highest BCUT2D eigenvalue weighted by Gasteiger charge is 2.58. The number of imidazole rings is 1. The lowest BCUT2D eigenvalue weighted by Gasteiger charge is -2.03. The van der Waals surface area contributed by atoms with Crippen molar-refractivity contribution in [3.8, 4) is 5.88 Å². The number of esters is 1. The average Bonchev–Trinajstić information content (AvgIpc) is 2.98. The summed E-state index contributed by atoms with van der Waals surface area (Å²) in [4.78, 5) is 23.6. The Hall–Kier alpha value is -2.71. The van der Waals surface area contributed by atoms with Gasteiger partial charge in [0.15, 0.2) is 11.2 Å². The first kappa shape index (κ1) is 14.2. The first-order chi connectivity index (χ1) is 10.5. The molecule has 22 heavy (non-hydrogen) atoms. The smallest absolute Gasteiger partial charge is 0.348 e. The largest absolute Gasteiger partial charge is 0.479 e. The van der Waals surface area contributed by atoms with Gasteiger partial charge in [-0.05, 0) is 12.5 Å². The van der Waals surface area contributed by atoms with Crippen LogP contribution in [0.2, 0.25) is 0 Å². The molecule has 116 valence electrons. The van der Waals surface area contributed by atoms with Crippen LogP contribution in [0, 0.1) is 0 Å². The zero-order chi connectivity index (χ0) is 15.9. The van der Waals surface area contributed by atoms with Gasteiger partial charge in [0.25, 0.3) is 0 Å². The first-order valence-corrected chi connectivity index (χ1v) is 6.61. The predicted octanol–water partition coefficient (Wildman–Crippen LogP) is 0.933. The molecule has 1 aliphatic carbocycles. The van der Waals surface area contributed by atoms with Crippen molar-refractivity contribution in [1.82, 2.24) is 19.5 Å². The van der Waals surface area contributed by atoms with Crippen LogP contribution in [-0.2, 0) is 9.53 Å². The van der Waals surface area contributed by atoms with Crippen molar-refractivity contribution in [3.05, 3.63) is 11.9 Å². The van der Waals surface area contributed by atoms with Crippen molar-refractivity contribution in [2.24, 2.45) is 0 Å². The second-order valence-corrected chi connectivity index (χ2v) is 4.77. The molecule has 1 unspecified atom stereocenters. The fourth-order valence-corrected chi connectivity index (χ4v) is 2.13. The maximum atomic E-state index is 14.3. The number of methoxy groups -OCH3 is 1. The van der Waals surface area contributed by atoms with Gasteiger partial charge >= 0.3 is 5.97 Å². The number of hydrogen-bond acceptors (Lipinski definition) is 7. The first-order valence-electron chi connectivity index (χ1n) is 6.61. The Labute approximate surface area is 124 Å². The second kappa shape index (κ2) is 4.93. The minimum absolute atomic E-state index is 0.0107. The molecule has 1 fully saturated rings. The van der Waals surface area contributed by atoms with Crippen molar-refractivity contribution < 1.29 is 18.7 Å². The molecule has 0 aromatic carbocycles. The van der Waals surface area contributed by atoms with E-state index < -0.39 is 11.6 Å². The molecule has 0 amide bonds. The molecule has 9 heteroatoms. The minimum atomic E-state index is -2.06. The number of carbonyl (C=O) groups excluding carboxylic acids is 1. The number of alkyl halides is 1. The van der Waals surface area contributed by atoms with Crippen LogP contribution < -0.4 is 10.5 Å². The van der Waals surface area contributed by atoms with E-state index in [9.17, 15) is 9.18 Å². The number of nitrogens with two attached hydrogens (primary N) is 1. The van der Waals surface area contributed by atoms with Crippen LogP contribution in [0.5, 0.6) is 5.88 Å². The van der Waals surface area contributed by atoms with Crippen molar-refractivity contribution in [1.29, 1.82) is 0 Å². The van der Waals surface area contributed by atoms with Crippen molar-refractivity contribution >= 4 is 29.3 Å². The lowest BCUT2D eigenvalue weighted by Crippen LogP contribution is -2.20. The van der Waals surface area contributed by atoms with Gasteiger partial charge in [-0.1, -0.05) is 0 Å². The van der Waals surface area contributed by atoms with Crippen LogP contribution in [0.3, 0.4) is 0 Å². The standard InChI is InChI=1S/C13H14FN5O3/c1-3-22-11(20)13(14)4-7(13)5-19-6-16-8-9(19)17-12(15)18-10(8)21-2/h5-6H,3-4H2,1-2H3,(H2,15,17,18)/b7-5+. The summed E-state index contributed by atoms with van der Waals surface area (Å²) < 4.78 is 25.6. The predicted molar refractivity (Wildman–Crippen MR) is 75.6 cm³/mol. The van der Waals surface area contributed by atoms with Crippen molar-refractivity contribution in [3.63, 3.8) is 0 Å². The van der Waals surface area contributed by atoms with Crippen LogP contribution in [0.1, 0.15) is 13.3 Å². The Balaban J connectivity index is 1.98. The number of aromatic nitrogens is 4. The Morgan fingerprint density at radius 1 is 1.59 bits per heavy atom.